The number of halogens is 1. The fourth-order valence-corrected chi connectivity index (χ4v) is 2.20. The molecule has 0 atom stereocenters. The van der Waals surface area contributed by atoms with Crippen molar-refractivity contribution in [3.63, 3.8) is 0 Å². The number of aryl methyl sites for hydroxylation is 2. The van der Waals surface area contributed by atoms with Crippen LogP contribution in [0.15, 0.2) is 30.3 Å². The van der Waals surface area contributed by atoms with E-state index >= 15 is 0 Å². The molecule has 2 aromatic rings. The molecule has 2 rings (SSSR count). The molecule has 2 N–H and O–H groups in total. The number of aromatic nitrogens is 2. The quantitative estimate of drug-likeness (QED) is 0.914. The highest BCUT2D eigenvalue weighted by Gasteiger charge is 2.22. The molecule has 1 amide bonds. The minimum Gasteiger partial charge on any atom is -0.330 e. The van der Waals surface area contributed by atoms with E-state index in [2.05, 4.69) is 5.10 Å². The number of amides is 1. The van der Waals surface area contributed by atoms with Crippen LogP contribution in [0.4, 0.5) is 10.1 Å². The van der Waals surface area contributed by atoms with E-state index < -0.39 is 5.82 Å². The van der Waals surface area contributed by atoms with Crippen LogP contribution < -0.4 is 10.6 Å². The van der Waals surface area contributed by atoms with Gasteiger partial charge in [0.05, 0.1) is 11.4 Å². The van der Waals surface area contributed by atoms with Crippen LogP contribution in [0, 0.1) is 12.7 Å². The van der Waals surface area contributed by atoms with Gasteiger partial charge in [-0.05, 0) is 38.1 Å². The monoisotopic (exact) mass is 290 g/mol. The number of benzene rings is 1. The van der Waals surface area contributed by atoms with Gasteiger partial charge in [-0.2, -0.15) is 5.10 Å². The number of carbonyl (C=O) groups is 1. The minimum atomic E-state index is -0.429. The minimum absolute atomic E-state index is 0.259. The second-order valence-electron chi connectivity index (χ2n) is 4.84. The number of carbonyl (C=O) groups excluding carboxylic acids is 1. The lowest BCUT2D eigenvalue weighted by atomic mass is 10.2. The van der Waals surface area contributed by atoms with Crippen LogP contribution >= 0.6 is 0 Å². The Morgan fingerprint density at radius 1 is 1.43 bits per heavy atom. The summed E-state index contributed by atoms with van der Waals surface area (Å²) in [7, 11) is 1.70. The number of hydrogen-bond donors (Lipinski definition) is 1. The van der Waals surface area contributed by atoms with Crippen molar-refractivity contribution in [2.45, 2.75) is 13.3 Å². The van der Waals surface area contributed by atoms with Crippen molar-refractivity contribution in [1.29, 1.82) is 0 Å². The van der Waals surface area contributed by atoms with Crippen LogP contribution in [-0.4, -0.2) is 28.8 Å². The van der Waals surface area contributed by atoms with E-state index in [1.807, 2.05) is 6.92 Å². The molecule has 0 saturated carbocycles. The predicted octanol–water partition coefficient (Wildman–Crippen LogP) is 1.86. The smallest absolute Gasteiger partial charge is 0.276 e. The third-order valence-electron chi connectivity index (χ3n) is 3.20. The average Bonchev–Trinajstić information content (AvgIpc) is 2.79. The van der Waals surface area contributed by atoms with Crippen molar-refractivity contribution in [1.82, 2.24) is 9.78 Å². The Hall–Kier alpha value is -2.21. The van der Waals surface area contributed by atoms with Gasteiger partial charge in [-0.15, -0.1) is 0 Å². The summed E-state index contributed by atoms with van der Waals surface area (Å²) in [5.41, 5.74) is 6.94. The normalized spacial score (nSPS) is 10.7. The third kappa shape index (κ3) is 3.28. The zero-order valence-corrected chi connectivity index (χ0v) is 12.2. The molecule has 1 aromatic heterocycles. The highest BCUT2D eigenvalue weighted by atomic mass is 19.1. The van der Waals surface area contributed by atoms with Crippen LogP contribution in [0.5, 0.6) is 0 Å². The van der Waals surface area contributed by atoms with E-state index in [1.54, 1.807) is 31.3 Å². The predicted molar refractivity (Wildman–Crippen MR) is 79.7 cm³/mol. The lowest BCUT2D eigenvalue weighted by Gasteiger charge is -2.23. The topological polar surface area (TPSA) is 64.2 Å². The zero-order valence-electron chi connectivity index (χ0n) is 12.2. The van der Waals surface area contributed by atoms with Gasteiger partial charge in [0.15, 0.2) is 0 Å². The van der Waals surface area contributed by atoms with Crippen LogP contribution in [-0.2, 0) is 7.05 Å². The number of para-hydroxylation sites is 1. The summed E-state index contributed by atoms with van der Waals surface area (Å²) in [4.78, 5) is 14.1. The molecule has 0 aliphatic rings. The van der Waals surface area contributed by atoms with Gasteiger partial charge in [0.25, 0.3) is 5.91 Å². The first-order valence-corrected chi connectivity index (χ1v) is 6.81. The van der Waals surface area contributed by atoms with E-state index in [4.69, 9.17) is 5.73 Å². The van der Waals surface area contributed by atoms with E-state index in [0.29, 0.717) is 25.2 Å². The maximum atomic E-state index is 14.0. The summed E-state index contributed by atoms with van der Waals surface area (Å²) in [5, 5.41) is 4.16. The maximum Gasteiger partial charge on any atom is 0.276 e. The van der Waals surface area contributed by atoms with Crippen LogP contribution in [0.3, 0.4) is 0 Å². The molecule has 112 valence electrons. The SMILES string of the molecule is Cc1cc(C(=O)N(CCCN)c2ccccc2F)n(C)n1. The first kappa shape index (κ1) is 15.2. The van der Waals surface area contributed by atoms with Gasteiger partial charge in [-0.1, -0.05) is 12.1 Å². The number of rotatable bonds is 5. The van der Waals surface area contributed by atoms with Gasteiger partial charge in [-0.25, -0.2) is 4.39 Å². The highest BCUT2D eigenvalue weighted by molar-refractivity contribution is 6.05. The van der Waals surface area contributed by atoms with Gasteiger partial charge in [0.2, 0.25) is 0 Å². The Bertz CT molecular complexity index is 638. The average molecular weight is 290 g/mol. The van der Waals surface area contributed by atoms with Crippen molar-refractivity contribution in [3.05, 3.63) is 47.5 Å². The Labute approximate surface area is 123 Å². The first-order valence-electron chi connectivity index (χ1n) is 6.81. The second-order valence-corrected chi connectivity index (χ2v) is 4.84. The third-order valence-corrected chi connectivity index (χ3v) is 3.20. The van der Waals surface area contributed by atoms with Gasteiger partial charge in [-0.3, -0.25) is 9.48 Å². The molecule has 0 unspecified atom stereocenters. The van der Waals surface area contributed by atoms with E-state index in [-0.39, 0.29) is 11.6 Å². The van der Waals surface area contributed by atoms with Gasteiger partial charge in [0, 0.05) is 13.6 Å². The molecule has 0 radical (unpaired) electrons. The van der Waals surface area contributed by atoms with Gasteiger partial charge >= 0.3 is 0 Å². The summed E-state index contributed by atoms with van der Waals surface area (Å²) in [6, 6.07) is 7.92. The summed E-state index contributed by atoms with van der Waals surface area (Å²) >= 11 is 0. The van der Waals surface area contributed by atoms with Crippen LogP contribution in [0.2, 0.25) is 0 Å². The lowest BCUT2D eigenvalue weighted by molar-refractivity contribution is 0.0977. The molecule has 0 fully saturated rings. The highest BCUT2D eigenvalue weighted by Crippen LogP contribution is 2.21. The Balaban J connectivity index is 2.38. The Kier molecular flexibility index (Phi) is 4.70. The molecule has 6 heteroatoms. The Morgan fingerprint density at radius 3 is 2.71 bits per heavy atom. The van der Waals surface area contributed by atoms with Crippen molar-refractivity contribution >= 4 is 11.6 Å². The van der Waals surface area contributed by atoms with Crippen molar-refractivity contribution in [2.75, 3.05) is 18.0 Å². The van der Waals surface area contributed by atoms with E-state index in [1.165, 1.54) is 15.6 Å². The van der Waals surface area contributed by atoms with Crippen molar-refractivity contribution < 1.29 is 9.18 Å². The number of anilines is 1. The zero-order chi connectivity index (χ0) is 15.4. The molecular weight excluding hydrogens is 271 g/mol. The van der Waals surface area contributed by atoms with E-state index in [9.17, 15) is 9.18 Å². The summed E-state index contributed by atoms with van der Waals surface area (Å²) in [6.07, 6.45) is 0.594. The van der Waals surface area contributed by atoms with Crippen molar-refractivity contribution in [2.24, 2.45) is 12.8 Å². The maximum absolute atomic E-state index is 14.0. The van der Waals surface area contributed by atoms with Gasteiger partial charge < -0.3 is 10.6 Å². The van der Waals surface area contributed by atoms with Crippen LogP contribution in [0.25, 0.3) is 0 Å². The molecular formula is C15H19FN4O. The largest absolute Gasteiger partial charge is 0.330 e. The summed E-state index contributed by atoms with van der Waals surface area (Å²) in [6.45, 7) is 2.60. The van der Waals surface area contributed by atoms with E-state index in [0.717, 1.165) is 5.69 Å². The first-order chi connectivity index (χ1) is 10.0. The molecule has 0 aliphatic heterocycles. The molecule has 5 nitrogen and oxygen atoms in total. The molecule has 0 bridgehead atoms. The summed E-state index contributed by atoms with van der Waals surface area (Å²) in [5.74, 6) is -0.710. The fraction of sp³-hybridized carbons (Fsp3) is 0.333. The molecule has 0 spiro atoms. The van der Waals surface area contributed by atoms with Gasteiger partial charge in [0.1, 0.15) is 11.5 Å². The molecule has 21 heavy (non-hydrogen) atoms. The molecule has 1 heterocycles. The number of nitrogens with two attached hydrogens (primary N) is 1. The lowest BCUT2D eigenvalue weighted by Crippen LogP contribution is -2.34. The molecule has 0 aliphatic carbocycles. The van der Waals surface area contributed by atoms with Crippen LogP contribution in [0.1, 0.15) is 22.6 Å². The standard InChI is InChI=1S/C15H19FN4O/c1-11-10-14(19(2)18-11)15(21)20(9-5-8-17)13-7-4-3-6-12(13)16/h3-4,6-7,10H,5,8-9,17H2,1-2H3. The summed E-state index contributed by atoms with van der Waals surface area (Å²) < 4.78 is 15.5. The number of nitrogens with zero attached hydrogens (tertiary/aromatic N) is 3. The number of hydrogen-bond acceptors (Lipinski definition) is 3. The molecule has 1 aromatic carbocycles. The second kappa shape index (κ2) is 6.49. The van der Waals surface area contributed by atoms with Crippen molar-refractivity contribution in [3.8, 4) is 0 Å². The Morgan fingerprint density at radius 2 is 2.14 bits per heavy atom. The fourth-order valence-electron chi connectivity index (χ4n) is 2.20. The molecule has 0 saturated heterocycles.